The Morgan fingerprint density at radius 2 is 2.43 bits per heavy atom. The highest BCUT2D eigenvalue weighted by molar-refractivity contribution is 5.32. The van der Waals surface area contributed by atoms with Gasteiger partial charge in [-0.15, -0.1) is 0 Å². The van der Waals surface area contributed by atoms with E-state index in [9.17, 15) is 5.11 Å². The molecule has 1 aliphatic heterocycles. The quantitative estimate of drug-likeness (QED) is 0.752. The third-order valence-corrected chi connectivity index (χ3v) is 2.99. The van der Waals surface area contributed by atoms with Gasteiger partial charge < -0.3 is 14.6 Å². The van der Waals surface area contributed by atoms with Gasteiger partial charge in [0.25, 0.3) is 0 Å². The predicted octanol–water partition coefficient (Wildman–Crippen LogP) is 0.627. The van der Waals surface area contributed by atoms with Crippen LogP contribution in [0.5, 0.6) is 0 Å². The standard InChI is InChI=1S/C10H17N3O/c1-8(14)9-3-5-13(7-9)10-11-4-6-12(10)2/h4,6,8-9,14H,3,5,7H2,1-2H3. The van der Waals surface area contributed by atoms with E-state index in [0.29, 0.717) is 5.92 Å². The van der Waals surface area contributed by atoms with Gasteiger partial charge >= 0.3 is 0 Å². The average molecular weight is 195 g/mol. The summed E-state index contributed by atoms with van der Waals surface area (Å²) in [5.41, 5.74) is 0. The molecule has 2 rings (SSSR count). The summed E-state index contributed by atoms with van der Waals surface area (Å²) in [5.74, 6) is 1.40. The zero-order chi connectivity index (χ0) is 10.1. The Hall–Kier alpha value is -1.03. The molecule has 14 heavy (non-hydrogen) atoms. The van der Waals surface area contributed by atoms with E-state index in [1.54, 1.807) is 0 Å². The monoisotopic (exact) mass is 195 g/mol. The lowest BCUT2D eigenvalue weighted by Crippen LogP contribution is -2.25. The van der Waals surface area contributed by atoms with Crippen molar-refractivity contribution in [1.29, 1.82) is 0 Å². The van der Waals surface area contributed by atoms with Gasteiger partial charge in [0.2, 0.25) is 5.95 Å². The molecule has 2 unspecified atom stereocenters. The molecule has 1 fully saturated rings. The molecule has 2 atom stereocenters. The minimum atomic E-state index is -0.208. The van der Waals surface area contributed by atoms with Crippen molar-refractivity contribution >= 4 is 5.95 Å². The van der Waals surface area contributed by atoms with Crippen molar-refractivity contribution in [1.82, 2.24) is 9.55 Å². The van der Waals surface area contributed by atoms with Crippen LogP contribution in [0.4, 0.5) is 5.95 Å². The molecule has 0 saturated carbocycles. The van der Waals surface area contributed by atoms with Crippen LogP contribution in [0.15, 0.2) is 12.4 Å². The number of nitrogens with zero attached hydrogens (tertiary/aromatic N) is 3. The van der Waals surface area contributed by atoms with Crippen molar-refractivity contribution in [3.63, 3.8) is 0 Å². The highest BCUT2D eigenvalue weighted by atomic mass is 16.3. The molecule has 1 N–H and O–H groups in total. The molecule has 2 heterocycles. The summed E-state index contributed by atoms with van der Waals surface area (Å²) in [6, 6.07) is 0. The topological polar surface area (TPSA) is 41.3 Å². The summed E-state index contributed by atoms with van der Waals surface area (Å²) >= 11 is 0. The Labute approximate surface area is 84.2 Å². The molecular formula is C10H17N3O. The van der Waals surface area contributed by atoms with Crippen LogP contribution in [0, 0.1) is 5.92 Å². The van der Waals surface area contributed by atoms with E-state index in [-0.39, 0.29) is 6.10 Å². The normalized spacial score (nSPS) is 24.2. The van der Waals surface area contributed by atoms with Gasteiger partial charge in [0, 0.05) is 38.4 Å². The van der Waals surface area contributed by atoms with Crippen LogP contribution in [0.25, 0.3) is 0 Å². The van der Waals surface area contributed by atoms with Crippen LogP contribution in [0.3, 0.4) is 0 Å². The van der Waals surface area contributed by atoms with Gasteiger partial charge in [0.15, 0.2) is 0 Å². The summed E-state index contributed by atoms with van der Waals surface area (Å²) in [5, 5.41) is 9.48. The van der Waals surface area contributed by atoms with Crippen molar-refractivity contribution in [3.05, 3.63) is 12.4 Å². The molecule has 1 saturated heterocycles. The molecule has 78 valence electrons. The van der Waals surface area contributed by atoms with E-state index in [0.717, 1.165) is 25.5 Å². The smallest absolute Gasteiger partial charge is 0.205 e. The van der Waals surface area contributed by atoms with E-state index in [1.165, 1.54) is 0 Å². The molecule has 0 bridgehead atoms. The van der Waals surface area contributed by atoms with Crippen LogP contribution < -0.4 is 4.90 Å². The maximum absolute atomic E-state index is 9.48. The number of aliphatic hydroxyl groups excluding tert-OH is 1. The molecule has 4 nitrogen and oxygen atoms in total. The second kappa shape index (κ2) is 3.61. The lowest BCUT2D eigenvalue weighted by molar-refractivity contribution is 0.136. The Kier molecular flexibility index (Phi) is 2.46. The van der Waals surface area contributed by atoms with Gasteiger partial charge in [-0.1, -0.05) is 0 Å². The summed E-state index contributed by atoms with van der Waals surface area (Å²) in [7, 11) is 2.00. The van der Waals surface area contributed by atoms with Crippen molar-refractivity contribution in [2.75, 3.05) is 18.0 Å². The number of aliphatic hydroxyl groups is 1. The fourth-order valence-corrected chi connectivity index (χ4v) is 2.03. The average Bonchev–Trinajstić information content (AvgIpc) is 2.71. The fraction of sp³-hybridized carbons (Fsp3) is 0.700. The van der Waals surface area contributed by atoms with Crippen LogP contribution in [0.1, 0.15) is 13.3 Å². The molecule has 1 aliphatic rings. The summed E-state index contributed by atoms with van der Waals surface area (Å²) < 4.78 is 2.02. The van der Waals surface area contributed by atoms with Crippen LogP contribution in [-0.4, -0.2) is 33.9 Å². The Morgan fingerprint density at radius 3 is 2.93 bits per heavy atom. The van der Waals surface area contributed by atoms with Crippen molar-refractivity contribution in [3.8, 4) is 0 Å². The van der Waals surface area contributed by atoms with E-state index < -0.39 is 0 Å². The first kappa shape index (κ1) is 9.52. The lowest BCUT2D eigenvalue weighted by Gasteiger charge is -2.18. The second-order valence-electron chi connectivity index (χ2n) is 4.07. The van der Waals surface area contributed by atoms with Crippen LogP contribution in [-0.2, 0) is 7.05 Å². The van der Waals surface area contributed by atoms with Gasteiger partial charge in [-0.25, -0.2) is 4.98 Å². The highest BCUT2D eigenvalue weighted by Crippen LogP contribution is 2.23. The van der Waals surface area contributed by atoms with E-state index in [1.807, 2.05) is 30.9 Å². The SMILES string of the molecule is CC(O)C1CCN(c2nccn2C)C1. The van der Waals surface area contributed by atoms with Crippen molar-refractivity contribution in [2.45, 2.75) is 19.4 Å². The maximum Gasteiger partial charge on any atom is 0.205 e. The van der Waals surface area contributed by atoms with Gasteiger partial charge in [0.1, 0.15) is 0 Å². The predicted molar refractivity (Wildman–Crippen MR) is 55.2 cm³/mol. The van der Waals surface area contributed by atoms with E-state index in [2.05, 4.69) is 9.88 Å². The summed E-state index contributed by atoms with van der Waals surface area (Å²) in [6.07, 6.45) is 4.61. The molecule has 4 heteroatoms. The number of hydrogen-bond acceptors (Lipinski definition) is 3. The van der Waals surface area contributed by atoms with Crippen LogP contribution in [0.2, 0.25) is 0 Å². The third-order valence-electron chi connectivity index (χ3n) is 2.99. The number of aromatic nitrogens is 2. The third kappa shape index (κ3) is 1.62. The molecule has 1 aromatic rings. The van der Waals surface area contributed by atoms with Crippen molar-refractivity contribution < 1.29 is 5.11 Å². The fourth-order valence-electron chi connectivity index (χ4n) is 2.03. The van der Waals surface area contributed by atoms with E-state index in [4.69, 9.17) is 0 Å². The number of anilines is 1. The molecule has 0 amide bonds. The maximum atomic E-state index is 9.48. The first-order valence-corrected chi connectivity index (χ1v) is 5.09. The van der Waals surface area contributed by atoms with E-state index >= 15 is 0 Å². The number of imidazole rings is 1. The van der Waals surface area contributed by atoms with Crippen molar-refractivity contribution in [2.24, 2.45) is 13.0 Å². The Balaban J connectivity index is 2.06. The van der Waals surface area contributed by atoms with Gasteiger partial charge in [-0.2, -0.15) is 0 Å². The Bertz CT molecular complexity index is 308. The molecule has 1 aromatic heterocycles. The molecule has 0 aromatic carbocycles. The lowest BCUT2D eigenvalue weighted by atomic mass is 10.0. The van der Waals surface area contributed by atoms with Gasteiger partial charge in [-0.05, 0) is 13.3 Å². The molecule has 0 aliphatic carbocycles. The van der Waals surface area contributed by atoms with Gasteiger partial charge in [0.05, 0.1) is 6.10 Å². The summed E-state index contributed by atoms with van der Waals surface area (Å²) in [6.45, 7) is 3.79. The number of aryl methyl sites for hydroxylation is 1. The zero-order valence-corrected chi connectivity index (χ0v) is 8.72. The second-order valence-corrected chi connectivity index (χ2v) is 4.07. The Morgan fingerprint density at radius 1 is 1.64 bits per heavy atom. The van der Waals surface area contributed by atoms with Crippen LogP contribution >= 0.6 is 0 Å². The minimum absolute atomic E-state index is 0.208. The molecular weight excluding hydrogens is 178 g/mol. The highest BCUT2D eigenvalue weighted by Gasteiger charge is 2.27. The number of hydrogen-bond donors (Lipinski definition) is 1. The minimum Gasteiger partial charge on any atom is -0.393 e. The molecule has 0 radical (unpaired) electrons. The summed E-state index contributed by atoms with van der Waals surface area (Å²) in [4.78, 5) is 6.53. The first-order valence-electron chi connectivity index (χ1n) is 5.09. The number of rotatable bonds is 2. The molecule has 0 spiro atoms. The largest absolute Gasteiger partial charge is 0.393 e. The zero-order valence-electron chi connectivity index (χ0n) is 8.72. The first-order chi connectivity index (χ1) is 6.68. The van der Waals surface area contributed by atoms with Gasteiger partial charge in [-0.3, -0.25) is 0 Å².